The van der Waals surface area contributed by atoms with Crippen LogP contribution in [0.5, 0.6) is 0 Å². The van der Waals surface area contributed by atoms with Gasteiger partial charge in [-0.15, -0.1) is 0 Å². The van der Waals surface area contributed by atoms with Gasteiger partial charge in [0.15, 0.2) is 5.69 Å². The molecule has 37 heavy (non-hydrogen) atoms. The molecule has 3 atom stereocenters. The van der Waals surface area contributed by atoms with Crippen molar-refractivity contribution in [2.24, 2.45) is 0 Å². The number of hydrogen-bond donors (Lipinski definition) is 5. The van der Waals surface area contributed by atoms with E-state index in [4.69, 9.17) is 5.11 Å². The Labute approximate surface area is 213 Å². The average Bonchev–Trinajstić information content (AvgIpc) is 3.31. The highest BCUT2D eigenvalue weighted by Crippen LogP contribution is 2.18. The number of amides is 1. The predicted molar refractivity (Wildman–Crippen MR) is 139 cm³/mol. The van der Waals surface area contributed by atoms with Crippen molar-refractivity contribution in [2.75, 3.05) is 13.2 Å². The van der Waals surface area contributed by atoms with Crippen molar-refractivity contribution >= 4 is 27.8 Å². The van der Waals surface area contributed by atoms with Crippen LogP contribution in [0.15, 0.2) is 53.5 Å². The van der Waals surface area contributed by atoms with Crippen LogP contribution >= 0.6 is 0 Å². The first-order valence-electron chi connectivity index (χ1n) is 12.2. The maximum absolute atomic E-state index is 13.3. The van der Waals surface area contributed by atoms with Crippen LogP contribution in [0.4, 0.5) is 0 Å². The van der Waals surface area contributed by atoms with Gasteiger partial charge < -0.3 is 34.9 Å². The molecule has 0 aliphatic carbocycles. The van der Waals surface area contributed by atoms with Gasteiger partial charge in [-0.05, 0) is 61.0 Å². The third kappa shape index (κ3) is 5.57. The van der Waals surface area contributed by atoms with Gasteiger partial charge in [0, 0.05) is 24.8 Å². The second kappa shape index (κ2) is 11.2. The monoisotopic (exact) mass is 508 g/mol. The molecule has 5 N–H and O–H groups in total. The van der Waals surface area contributed by atoms with E-state index in [-0.39, 0.29) is 5.69 Å². The lowest BCUT2D eigenvalue weighted by atomic mass is 10.1. The highest BCUT2D eigenvalue weighted by atomic mass is 16.4. The first-order chi connectivity index (χ1) is 17.7. The normalized spacial score (nSPS) is 14.1. The molecular weight excluding hydrogens is 476 g/mol. The second-order valence-electron chi connectivity index (χ2n) is 9.29. The minimum absolute atomic E-state index is 0.321. The molecule has 2 aromatic heterocycles. The zero-order valence-corrected chi connectivity index (χ0v) is 20.8. The van der Waals surface area contributed by atoms with Crippen molar-refractivity contribution in [1.82, 2.24) is 19.4 Å². The van der Waals surface area contributed by atoms with Crippen LogP contribution in [0.1, 0.15) is 28.0 Å². The van der Waals surface area contributed by atoms with Crippen LogP contribution in [-0.4, -0.2) is 71.9 Å². The standard InChI is InChI=1S/C27H32N4O6/c1-16-12-19-21(13-17(16)2)31(14-22(33)25(35)23(34)15-32)27(37)24(29-19)26(36)28-9-5-10-30-11-8-18-6-3-4-7-20(18)30/h3-4,6-8,11-13,22-23,25,32-35H,5,9-10,14-15H2,1-2H3,(H,28,36)/t22-,23+,25-/m0/s1. The zero-order chi connectivity index (χ0) is 26.7. The quantitative estimate of drug-likeness (QED) is 0.199. The van der Waals surface area contributed by atoms with Crippen LogP contribution in [0.3, 0.4) is 0 Å². The Morgan fingerprint density at radius 3 is 2.51 bits per heavy atom. The molecule has 2 aromatic carbocycles. The molecule has 4 aromatic rings. The van der Waals surface area contributed by atoms with Gasteiger partial charge in [0.05, 0.1) is 24.2 Å². The van der Waals surface area contributed by atoms with E-state index in [9.17, 15) is 24.9 Å². The maximum Gasteiger partial charge on any atom is 0.282 e. The van der Waals surface area contributed by atoms with Crippen molar-refractivity contribution in [1.29, 1.82) is 0 Å². The molecule has 2 heterocycles. The summed E-state index contributed by atoms with van der Waals surface area (Å²) in [7, 11) is 0. The zero-order valence-electron chi connectivity index (χ0n) is 20.8. The lowest BCUT2D eigenvalue weighted by Gasteiger charge is -2.23. The highest BCUT2D eigenvalue weighted by molar-refractivity contribution is 5.94. The number of benzene rings is 2. The number of carbonyl (C=O) groups excluding carboxylic acids is 1. The maximum atomic E-state index is 13.3. The molecule has 10 nitrogen and oxygen atoms in total. The van der Waals surface area contributed by atoms with Crippen molar-refractivity contribution in [2.45, 2.75) is 51.7 Å². The summed E-state index contributed by atoms with van der Waals surface area (Å²) in [4.78, 5) is 30.6. The Morgan fingerprint density at radius 1 is 1.03 bits per heavy atom. The molecule has 0 aliphatic rings. The number of para-hydroxylation sites is 1. The fourth-order valence-electron chi connectivity index (χ4n) is 4.36. The van der Waals surface area contributed by atoms with E-state index in [1.165, 1.54) is 4.57 Å². The molecule has 0 fully saturated rings. The molecule has 0 bridgehead atoms. The van der Waals surface area contributed by atoms with E-state index < -0.39 is 42.9 Å². The molecule has 10 heteroatoms. The highest BCUT2D eigenvalue weighted by Gasteiger charge is 2.27. The van der Waals surface area contributed by atoms with Gasteiger partial charge in [0.25, 0.3) is 11.5 Å². The first-order valence-corrected chi connectivity index (χ1v) is 12.2. The number of aliphatic hydroxyl groups excluding tert-OH is 4. The van der Waals surface area contributed by atoms with Crippen LogP contribution in [0, 0.1) is 13.8 Å². The number of fused-ring (bicyclic) bond motifs is 2. The van der Waals surface area contributed by atoms with Crippen molar-refractivity contribution in [3.05, 3.63) is 75.8 Å². The Kier molecular flexibility index (Phi) is 8.03. The minimum Gasteiger partial charge on any atom is -0.394 e. The predicted octanol–water partition coefficient (Wildman–Crippen LogP) is 0.863. The van der Waals surface area contributed by atoms with Gasteiger partial charge >= 0.3 is 0 Å². The summed E-state index contributed by atoms with van der Waals surface area (Å²) in [5.74, 6) is -0.637. The lowest BCUT2D eigenvalue weighted by molar-refractivity contribution is -0.0805. The number of aromatic nitrogens is 3. The van der Waals surface area contributed by atoms with Gasteiger partial charge in [-0.25, -0.2) is 4.98 Å². The van der Waals surface area contributed by atoms with E-state index in [0.29, 0.717) is 30.5 Å². The number of nitrogens with one attached hydrogen (secondary N) is 1. The van der Waals surface area contributed by atoms with Gasteiger partial charge in [-0.1, -0.05) is 18.2 Å². The summed E-state index contributed by atoms with van der Waals surface area (Å²) in [6.07, 6.45) is -2.21. The first kappa shape index (κ1) is 26.5. The minimum atomic E-state index is -1.69. The van der Waals surface area contributed by atoms with E-state index in [2.05, 4.69) is 14.9 Å². The summed E-state index contributed by atoms with van der Waals surface area (Å²) < 4.78 is 3.27. The number of aryl methyl sites for hydroxylation is 3. The molecule has 0 saturated carbocycles. The third-order valence-corrected chi connectivity index (χ3v) is 6.66. The average molecular weight is 509 g/mol. The summed E-state index contributed by atoms with van der Waals surface area (Å²) in [5, 5.41) is 43.2. The Bertz CT molecular complexity index is 1480. The molecule has 196 valence electrons. The van der Waals surface area contributed by atoms with Crippen LogP contribution in [-0.2, 0) is 13.1 Å². The molecule has 0 unspecified atom stereocenters. The Hall–Kier alpha value is -3.57. The van der Waals surface area contributed by atoms with Crippen molar-refractivity contribution < 1.29 is 25.2 Å². The molecule has 0 aliphatic heterocycles. The summed E-state index contributed by atoms with van der Waals surface area (Å²) in [6, 6.07) is 13.5. The topological polar surface area (TPSA) is 150 Å². The number of carbonyl (C=O) groups is 1. The summed E-state index contributed by atoms with van der Waals surface area (Å²) in [5.41, 5.74) is 2.60. The Balaban J connectivity index is 1.55. The number of rotatable bonds is 10. The van der Waals surface area contributed by atoms with Crippen LogP contribution < -0.4 is 10.9 Å². The van der Waals surface area contributed by atoms with Crippen LogP contribution in [0.25, 0.3) is 21.9 Å². The van der Waals surface area contributed by atoms with E-state index in [1.54, 1.807) is 12.1 Å². The summed E-state index contributed by atoms with van der Waals surface area (Å²) >= 11 is 0. The summed E-state index contributed by atoms with van der Waals surface area (Å²) in [6.45, 7) is 3.58. The third-order valence-electron chi connectivity index (χ3n) is 6.66. The largest absolute Gasteiger partial charge is 0.394 e. The lowest BCUT2D eigenvalue weighted by Crippen LogP contribution is -2.44. The molecule has 4 rings (SSSR count). The van der Waals surface area contributed by atoms with Gasteiger partial charge in [-0.3, -0.25) is 9.59 Å². The van der Waals surface area contributed by atoms with E-state index >= 15 is 0 Å². The van der Waals surface area contributed by atoms with Crippen molar-refractivity contribution in [3.63, 3.8) is 0 Å². The SMILES string of the molecule is Cc1cc2nc(C(=O)NCCCn3ccc4ccccc43)c(=O)n(C[C@H](O)[C@H](O)[C@H](O)CO)c2cc1C. The number of hydrogen-bond acceptors (Lipinski definition) is 7. The Morgan fingerprint density at radius 2 is 1.76 bits per heavy atom. The molecule has 0 radical (unpaired) electrons. The molecular formula is C27H32N4O6. The molecule has 0 spiro atoms. The van der Waals surface area contributed by atoms with Gasteiger partial charge in [0.1, 0.15) is 18.3 Å². The van der Waals surface area contributed by atoms with E-state index in [0.717, 1.165) is 22.0 Å². The number of nitrogens with zero attached hydrogens (tertiary/aromatic N) is 3. The molecule has 0 saturated heterocycles. The van der Waals surface area contributed by atoms with Gasteiger partial charge in [-0.2, -0.15) is 0 Å². The smallest absolute Gasteiger partial charge is 0.282 e. The fraction of sp³-hybridized carbons (Fsp3) is 0.370. The molecule has 1 amide bonds. The second-order valence-corrected chi connectivity index (χ2v) is 9.29. The van der Waals surface area contributed by atoms with E-state index in [1.807, 2.05) is 50.4 Å². The van der Waals surface area contributed by atoms with Gasteiger partial charge in [0.2, 0.25) is 0 Å². The number of aliphatic hydroxyl groups is 4. The van der Waals surface area contributed by atoms with Crippen molar-refractivity contribution in [3.8, 4) is 0 Å². The fourth-order valence-corrected chi connectivity index (χ4v) is 4.36. The van der Waals surface area contributed by atoms with Crippen LogP contribution in [0.2, 0.25) is 0 Å².